The quantitative estimate of drug-likeness (QED) is 0.689. The van der Waals surface area contributed by atoms with Crippen LogP contribution < -0.4 is 10.2 Å². The van der Waals surface area contributed by atoms with Crippen molar-refractivity contribution in [3.63, 3.8) is 0 Å². The number of aliphatic hydroxyl groups excluding tert-OH is 1. The summed E-state index contributed by atoms with van der Waals surface area (Å²) < 4.78 is 0. The van der Waals surface area contributed by atoms with Crippen LogP contribution in [0.1, 0.15) is 0 Å². The molecule has 3 rings (SSSR count). The summed E-state index contributed by atoms with van der Waals surface area (Å²) in [5.74, 6) is -0.126. The van der Waals surface area contributed by atoms with Crippen molar-refractivity contribution in [2.45, 2.75) is 0 Å². The molecule has 0 unspecified atom stereocenters. The molecule has 0 radical (unpaired) electrons. The van der Waals surface area contributed by atoms with Crippen molar-refractivity contribution in [3.05, 3.63) is 79.1 Å². The van der Waals surface area contributed by atoms with Gasteiger partial charge >= 0.3 is 0 Å². The number of pyridine rings is 1. The molecular formula is C21H21N3O2. The fourth-order valence-corrected chi connectivity index (χ4v) is 2.72. The molecular weight excluding hydrogens is 326 g/mol. The lowest BCUT2D eigenvalue weighted by molar-refractivity contribution is -0.115. The van der Waals surface area contributed by atoms with Gasteiger partial charge in [0.25, 0.3) is 0 Å². The molecule has 26 heavy (non-hydrogen) atoms. The van der Waals surface area contributed by atoms with Crippen molar-refractivity contribution in [2.75, 3.05) is 29.9 Å². The number of hydrogen-bond donors (Lipinski definition) is 2. The minimum Gasteiger partial charge on any atom is -0.395 e. The average Bonchev–Trinajstić information content (AvgIpc) is 2.69. The molecule has 0 aliphatic heterocycles. The van der Waals surface area contributed by atoms with E-state index in [4.69, 9.17) is 0 Å². The van der Waals surface area contributed by atoms with Crippen LogP contribution in [0.15, 0.2) is 79.1 Å². The molecule has 0 aliphatic rings. The van der Waals surface area contributed by atoms with Crippen LogP contribution in [0.4, 0.5) is 11.4 Å². The predicted molar refractivity (Wildman–Crippen MR) is 104 cm³/mol. The second-order valence-corrected chi connectivity index (χ2v) is 5.84. The van der Waals surface area contributed by atoms with Gasteiger partial charge in [-0.25, -0.2) is 0 Å². The molecule has 0 saturated heterocycles. The molecule has 132 valence electrons. The van der Waals surface area contributed by atoms with Crippen molar-refractivity contribution >= 4 is 17.3 Å². The number of hydrogen-bond acceptors (Lipinski definition) is 4. The third-order valence-corrected chi connectivity index (χ3v) is 4.01. The van der Waals surface area contributed by atoms with Gasteiger partial charge in [-0.15, -0.1) is 0 Å². The SMILES string of the molecule is O=C(CN(CCO)c1ccccc1)Nc1ccc(-c2ccncc2)cc1. The van der Waals surface area contributed by atoms with Gasteiger partial charge in [0.2, 0.25) is 5.91 Å². The van der Waals surface area contributed by atoms with Crippen LogP contribution in [0, 0.1) is 0 Å². The van der Waals surface area contributed by atoms with E-state index < -0.39 is 0 Å². The maximum Gasteiger partial charge on any atom is 0.243 e. The molecule has 1 heterocycles. The molecule has 0 atom stereocenters. The summed E-state index contributed by atoms with van der Waals surface area (Å²) in [6.07, 6.45) is 3.51. The van der Waals surface area contributed by atoms with Crippen molar-refractivity contribution in [2.24, 2.45) is 0 Å². The Hall–Kier alpha value is -3.18. The predicted octanol–water partition coefficient (Wildman–Crippen LogP) is 3.19. The Morgan fingerprint density at radius 3 is 2.23 bits per heavy atom. The van der Waals surface area contributed by atoms with Gasteiger partial charge in [0.05, 0.1) is 13.2 Å². The lowest BCUT2D eigenvalue weighted by atomic mass is 10.1. The summed E-state index contributed by atoms with van der Waals surface area (Å²) >= 11 is 0. The largest absolute Gasteiger partial charge is 0.395 e. The van der Waals surface area contributed by atoms with E-state index >= 15 is 0 Å². The van der Waals surface area contributed by atoms with Gasteiger partial charge in [-0.05, 0) is 47.5 Å². The average molecular weight is 347 g/mol. The van der Waals surface area contributed by atoms with Crippen LogP contribution in [-0.4, -0.2) is 35.7 Å². The highest BCUT2D eigenvalue weighted by molar-refractivity contribution is 5.94. The Labute approximate surface area is 152 Å². The van der Waals surface area contributed by atoms with E-state index in [2.05, 4.69) is 10.3 Å². The molecule has 3 aromatic rings. The first kappa shape index (κ1) is 17.6. The third-order valence-electron chi connectivity index (χ3n) is 4.01. The second-order valence-electron chi connectivity index (χ2n) is 5.84. The van der Waals surface area contributed by atoms with Crippen LogP contribution in [0.2, 0.25) is 0 Å². The number of aliphatic hydroxyl groups is 1. The molecule has 2 aromatic carbocycles. The first-order valence-corrected chi connectivity index (χ1v) is 8.47. The topological polar surface area (TPSA) is 65.5 Å². The van der Waals surface area contributed by atoms with E-state index in [1.807, 2.05) is 71.6 Å². The van der Waals surface area contributed by atoms with Gasteiger partial charge in [0, 0.05) is 30.3 Å². The molecule has 1 aromatic heterocycles. The number of anilines is 2. The van der Waals surface area contributed by atoms with Gasteiger partial charge < -0.3 is 15.3 Å². The van der Waals surface area contributed by atoms with E-state index in [1.165, 1.54) is 0 Å². The fraction of sp³-hybridized carbons (Fsp3) is 0.143. The van der Waals surface area contributed by atoms with Gasteiger partial charge in [0.15, 0.2) is 0 Å². The Kier molecular flexibility index (Phi) is 5.96. The molecule has 5 nitrogen and oxygen atoms in total. The zero-order chi connectivity index (χ0) is 18.2. The Bertz CT molecular complexity index is 821. The molecule has 0 aliphatic carbocycles. The van der Waals surface area contributed by atoms with Gasteiger partial charge in [-0.2, -0.15) is 0 Å². The van der Waals surface area contributed by atoms with Crippen molar-refractivity contribution in [1.29, 1.82) is 0 Å². The maximum atomic E-state index is 12.4. The van der Waals surface area contributed by atoms with Crippen LogP contribution in [0.5, 0.6) is 0 Å². The summed E-state index contributed by atoms with van der Waals surface area (Å²) in [4.78, 5) is 18.2. The van der Waals surface area contributed by atoms with Gasteiger partial charge in [-0.3, -0.25) is 9.78 Å². The molecule has 5 heteroatoms. The summed E-state index contributed by atoms with van der Waals surface area (Å²) in [5, 5.41) is 12.2. The van der Waals surface area contributed by atoms with Crippen LogP contribution >= 0.6 is 0 Å². The maximum absolute atomic E-state index is 12.4. The number of carbonyl (C=O) groups is 1. The minimum atomic E-state index is -0.126. The molecule has 0 bridgehead atoms. The minimum absolute atomic E-state index is 0.0111. The highest BCUT2D eigenvalue weighted by atomic mass is 16.3. The molecule has 0 fully saturated rings. The summed E-state index contributed by atoms with van der Waals surface area (Å²) in [6, 6.07) is 21.2. The number of aromatic nitrogens is 1. The Morgan fingerprint density at radius 2 is 1.58 bits per heavy atom. The first-order chi connectivity index (χ1) is 12.8. The zero-order valence-corrected chi connectivity index (χ0v) is 14.4. The lowest BCUT2D eigenvalue weighted by Gasteiger charge is -2.23. The highest BCUT2D eigenvalue weighted by Crippen LogP contribution is 2.20. The highest BCUT2D eigenvalue weighted by Gasteiger charge is 2.11. The number of carbonyl (C=O) groups excluding carboxylic acids is 1. The normalized spacial score (nSPS) is 10.3. The summed E-state index contributed by atoms with van der Waals surface area (Å²) in [7, 11) is 0. The third kappa shape index (κ3) is 4.68. The Balaban J connectivity index is 1.63. The zero-order valence-electron chi connectivity index (χ0n) is 14.4. The van der Waals surface area contributed by atoms with E-state index in [9.17, 15) is 9.90 Å². The number of nitrogens with zero attached hydrogens (tertiary/aromatic N) is 2. The molecule has 1 amide bonds. The van der Waals surface area contributed by atoms with Crippen molar-refractivity contribution in [3.8, 4) is 11.1 Å². The van der Waals surface area contributed by atoms with E-state index in [-0.39, 0.29) is 19.1 Å². The smallest absolute Gasteiger partial charge is 0.243 e. The second kappa shape index (κ2) is 8.78. The van der Waals surface area contributed by atoms with E-state index in [0.717, 1.165) is 22.5 Å². The summed E-state index contributed by atoms with van der Waals surface area (Å²) in [6.45, 7) is 0.567. The standard InChI is InChI=1S/C21H21N3O2/c25-15-14-24(20-4-2-1-3-5-20)16-21(26)23-19-8-6-17(7-9-19)18-10-12-22-13-11-18/h1-13,25H,14-16H2,(H,23,26). The van der Waals surface area contributed by atoms with Gasteiger partial charge in [0.1, 0.15) is 0 Å². The lowest BCUT2D eigenvalue weighted by Crippen LogP contribution is -2.35. The number of benzene rings is 2. The fourth-order valence-electron chi connectivity index (χ4n) is 2.72. The molecule has 0 spiro atoms. The molecule has 2 N–H and O–H groups in total. The van der Waals surface area contributed by atoms with E-state index in [0.29, 0.717) is 6.54 Å². The van der Waals surface area contributed by atoms with Crippen LogP contribution in [-0.2, 0) is 4.79 Å². The van der Waals surface area contributed by atoms with Crippen molar-refractivity contribution in [1.82, 2.24) is 4.98 Å². The number of rotatable bonds is 7. The van der Waals surface area contributed by atoms with E-state index in [1.54, 1.807) is 12.4 Å². The Morgan fingerprint density at radius 1 is 0.923 bits per heavy atom. The van der Waals surface area contributed by atoms with Crippen LogP contribution in [0.25, 0.3) is 11.1 Å². The summed E-state index contributed by atoms with van der Waals surface area (Å²) in [5.41, 5.74) is 3.79. The van der Waals surface area contributed by atoms with Crippen molar-refractivity contribution < 1.29 is 9.90 Å². The number of amides is 1. The van der Waals surface area contributed by atoms with Gasteiger partial charge in [-0.1, -0.05) is 30.3 Å². The molecule has 0 saturated carbocycles. The number of para-hydroxylation sites is 1. The monoisotopic (exact) mass is 347 g/mol. The first-order valence-electron chi connectivity index (χ1n) is 8.47. The van der Waals surface area contributed by atoms with Crippen LogP contribution in [0.3, 0.4) is 0 Å². The number of nitrogens with one attached hydrogen (secondary N) is 1.